The Labute approximate surface area is 187 Å². The van der Waals surface area contributed by atoms with E-state index in [1.54, 1.807) is 48.5 Å². The Morgan fingerprint density at radius 1 is 0.938 bits per heavy atom. The molecule has 0 aliphatic carbocycles. The first-order chi connectivity index (χ1) is 15.5. The zero-order valence-corrected chi connectivity index (χ0v) is 18.2. The van der Waals surface area contributed by atoms with Crippen molar-refractivity contribution in [2.45, 2.75) is 26.2 Å². The van der Waals surface area contributed by atoms with Gasteiger partial charge in [-0.05, 0) is 72.0 Å². The summed E-state index contributed by atoms with van der Waals surface area (Å²) in [5.41, 5.74) is 4.90. The summed E-state index contributed by atoms with van der Waals surface area (Å²) in [7, 11) is 0. The molecular formula is C26H26N2O4. The third-order valence-corrected chi connectivity index (χ3v) is 4.93. The van der Waals surface area contributed by atoms with Gasteiger partial charge in [-0.15, -0.1) is 0 Å². The maximum absolute atomic E-state index is 12.1. The normalized spacial score (nSPS) is 11.7. The van der Waals surface area contributed by atoms with E-state index in [2.05, 4.69) is 24.4 Å². The van der Waals surface area contributed by atoms with Crippen LogP contribution in [0, 0.1) is 0 Å². The van der Waals surface area contributed by atoms with Gasteiger partial charge in [-0.3, -0.25) is 4.79 Å². The van der Waals surface area contributed by atoms with E-state index in [0.717, 1.165) is 12.0 Å². The monoisotopic (exact) mass is 430 g/mol. The van der Waals surface area contributed by atoms with Gasteiger partial charge in [0.05, 0.1) is 11.8 Å². The third-order valence-electron chi connectivity index (χ3n) is 4.93. The molecule has 0 radical (unpaired) electrons. The van der Waals surface area contributed by atoms with Gasteiger partial charge >= 0.3 is 5.97 Å². The number of benzene rings is 3. The number of esters is 1. The summed E-state index contributed by atoms with van der Waals surface area (Å²) in [6, 6.07) is 23.3. The molecule has 32 heavy (non-hydrogen) atoms. The topological polar surface area (TPSA) is 77.0 Å². The second-order valence-corrected chi connectivity index (χ2v) is 7.28. The van der Waals surface area contributed by atoms with Gasteiger partial charge in [0.15, 0.2) is 6.61 Å². The van der Waals surface area contributed by atoms with Crippen molar-refractivity contribution in [1.29, 1.82) is 0 Å². The fraction of sp³-hybridized carbons (Fsp3) is 0.192. The van der Waals surface area contributed by atoms with E-state index in [1.165, 1.54) is 11.8 Å². The summed E-state index contributed by atoms with van der Waals surface area (Å²) in [6.45, 7) is 4.19. The number of nitrogens with zero attached hydrogens (tertiary/aromatic N) is 1. The summed E-state index contributed by atoms with van der Waals surface area (Å²) in [5, 5.41) is 3.93. The van der Waals surface area contributed by atoms with Crippen molar-refractivity contribution in [3.63, 3.8) is 0 Å². The Kier molecular flexibility index (Phi) is 8.15. The number of hydrogen-bond acceptors (Lipinski definition) is 5. The summed E-state index contributed by atoms with van der Waals surface area (Å²) in [4.78, 5) is 24.0. The quantitative estimate of drug-likeness (QED) is 0.226. The first-order valence-corrected chi connectivity index (χ1v) is 10.5. The Morgan fingerprint density at radius 2 is 1.59 bits per heavy atom. The lowest BCUT2D eigenvalue weighted by atomic mass is 9.99. The largest absolute Gasteiger partial charge is 0.484 e. The van der Waals surface area contributed by atoms with Gasteiger partial charge in [-0.25, -0.2) is 10.2 Å². The van der Waals surface area contributed by atoms with E-state index in [9.17, 15) is 9.59 Å². The van der Waals surface area contributed by atoms with Crippen LogP contribution in [0.5, 0.6) is 11.5 Å². The lowest BCUT2D eigenvalue weighted by molar-refractivity contribution is -0.123. The smallest absolute Gasteiger partial charge is 0.343 e. The molecule has 0 aliphatic heterocycles. The lowest BCUT2D eigenvalue weighted by Gasteiger charge is -2.10. The highest BCUT2D eigenvalue weighted by atomic mass is 16.5. The van der Waals surface area contributed by atoms with Crippen LogP contribution in [0.4, 0.5) is 0 Å². The lowest BCUT2D eigenvalue weighted by Crippen LogP contribution is -2.24. The molecular weight excluding hydrogens is 404 g/mol. The van der Waals surface area contributed by atoms with Crippen LogP contribution in [-0.4, -0.2) is 24.7 Å². The summed E-state index contributed by atoms with van der Waals surface area (Å²) >= 11 is 0. The van der Waals surface area contributed by atoms with Crippen LogP contribution in [-0.2, 0) is 4.79 Å². The van der Waals surface area contributed by atoms with Crippen LogP contribution >= 0.6 is 0 Å². The number of amides is 1. The number of carbonyl (C=O) groups excluding carboxylic acids is 2. The van der Waals surface area contributed by atoms with Crippen molar-refractivity contribution < 1.29 is 19.1 Å². The van der Waals surface area contributed by atoms with E-state index < -0.39 is 5.97 Å². The van der Waals surface area contributed by atoms with Crippen LogP contribution < -0.4 is 14.9 Å². The summed E-state index contributed by atoms with van der Waals surface area (Å²) < 4.78 is 10.8. The molecule has 0 saturated carbocycles. The van der Waals surface area contributed by atoms with Crippen molar-refractivity contribution in [1.82, 2.24) is 5.43 Å². The molecule has 0 spiro atoms. The van der Waals surface area contributed by atoms with Crippen molar-refractivity contribution in [3.05, 3.63) is 95.6 Å². The molecule has 0 saturated heterocycles. The first kappa shape index (κ1) is 22.7. The molecule has 0 aliphatic rings. The number of ether oxygens (including phenoxy) is 2. The fourth-order valence-electron chi connectivity index (χ4n) is 2.85. The number of hydrazone groups is 1. The van der Waals surface area contributed by atoms with Crippen LogP contribution in [0.3, 0.4) is 0 Å². The molecule has 1 amide bonds. The molecule has 164 valence electrons. The minimum absolute atomic E-state index is 0.131. The standard InChI is InChI=1S/C26H26N2O4/c1-3-19(2)21-11-15-23(16-12-21)31-18-25(29)28-27-17-20-9-13-24(14-10-20)32-26(30)22-7-5-4-6-8-22/h4-17,19H,3,18H2,1-2H3,(H,28,29)/b27-17-. The Hall–Kier alpha value is -3.93. The SMILES string of the molecule is CCC(C)c1ccc(OCC(=O)N/N=C\c2ccc(OC(=O)c3ccccc3)cc2)cc1. The Bertz CT molecular complexity index is 1050. The minimum atomic E-state index is -0.422. The summed E-state index contributed by atoms with van der Waals surface area (Å²) in [6.07, 6.45) is 2.57. The second-order valence-electron chi connectivity index (χ2n) is 7.28. The van der Waals surface area contributed by atoms with Crippen LogP contribution in [0.2, 0.25) is 0 Å². The third kappa shape index (κ3) is 6.80. The molecule has 0 fully saturated rings. The van der Waals surface area contributed by atoms with Gasteiger partial charge in [-0.1, -0.05) is 44.2 Å². The van der Waals surface area contributed by atoms with Gasteiger partial charge in [0.25, 0.3) is 5.91 Å². The number of hydrogen-bond donors (Lipinski definition) is 1. The van der Waals surface area contributed by atoms with Crippen LogP contribution in [0.25, 0.3) is 0 Å². The van der Waals surface area contributed by atoms with Crippen molar-refractivity contribution in [2.24, 2.45) is 5.10 Å². The van der Waals surface area contributed by atoms with Crippen LogP contribution in [0.15, 0.2) is 84.0 Å². The molecule has 6 heteroatoms. The molecule has 3 aromatic rings. The molecule has 0 bridgehead atoms. The number of carbonyl (C=O) groups is 2. The van der Waals surface area contributed by atoms with Crippen LogP contribution in [0.1, 0.15) is 47.7 Å². The zero-order valence-electron chi connectivity index (χ0n) is 18.2. The fourth-order valence-corrected chi connectivity index (χ4v) is 2.85. The molecule has 3 aromatic carbocycles. The van der Waals surface area contributed by atoms with Gasteiger partial charge in [0.1, 0.15) is 11.5 Å². The van der Waals surface area contributed by atoms with E-state index in [0.29, 0.717) is 23.0 Å². The molecule has 6 nitrogen and oxygen atoms in total. The molecule has 1 unspecified atom stereocenters. The van der Waals surface area contributed by atoms with E-state index in [-0.39, 0.29) is 12.5 Å². The highest BCUT2D eigenvalue weighted by Crippen LogP contribution is 2.21. The average Bonchev–Trinajstić information content (AvgIpc) is 2.84. The summed E-state index contributed by atoms with van der Waals surface area (Å²) in [5.74, 6) is 0.769. The highest BCUT2D eigenvalue weighted by molar-refractivity contribution is 5.91. The van der Waals surface area contributed by atoms with Gasteiger partial charge < -0.3 is 9.47 Å². The molecule has 0 heterocycles. The predicted octanol–water partition coefficient (Wildman–Crippen LogP) is 4.95. The minimum Gasteiger partial charge on any atom is -0.484 e. The Balaban J connectivity index is 1.43. The van der Waals surface area contributed by atoms with Gasteiger partial charge in [-0.2, -0.15) is 5.10 Å². The molecule has 1 N–H and O–H groups in total. The van der Waals surface area contributed by atoms with Crippen molar-refractivity contribution >= 4 is 18.1 Å². The predicted molar refractivity (Wildman–Crippen MR) is 124 cm³/mol. The highest BCUT2D eigenvalue weighted by Gasteiger charge is 2.07. The molecule has 3 rings (SSSR count). The van der Waals surface area contributed by atoms with E-state index in [4.69, 9.17) is 9.47 Å². The van der Waals surface area contributed by atoms with Crippen molar-refractivity contribution in [3.8, 4) is 11.5 Å². The van der Waals surface area contributed by atoms with E-state index >= 15 is 0 Å². The maximum atomic E-state index is 12.1. The molecule has 0 aromatic heterocycles. The molecule has 1 atom stereocenters. The van der Waals surface area contributed by atoms with E-state index in [1.807, 2.05) is 30.3 Å². The van der Waals surface area contributed by atoms with Gasteiger partial charge in [0, 0.05) is 0 Å². The van der Waals surface area contributed by atoms with Gasteiger partial charge in [0.2, 0.25) is 0 Å². The van der Waals surface area contributed by atoms with Crippen molar-refractivity contribution in [2.75, 3.05) is 6.61 Å². The maximum Gasteiger partial charge on any atom is 0.343 e. The first-order valence-electron chi connectivity index (χ1n) is 10.5. The number of nitrogens with one attached hydrogen (secondary N) is 1. The zero-order chi connectivity index (χ0) is 22.8. The number of rotatable bonds is 9. The average molecular weight is 431 g/mol. The Morgan fingerprint density at radius 3 is 2.25 bits per heavy atom. The second kappa shape index (κ2) is 11.5.